The van der Waals surface area contributed by atoms with Crippen molar-refractivity contribution in [2.75, 3.05) is 5.73 Å². The minimum atomic E-state index is -0.274. The molecule has 0 spiro atoms. The first-order valence-electron chi connectivity index (χ1n) is 7.94. The van der Waals surface area contributed by atoms with Gasteiger partial charge in [0.2, 0.25) is 0 Å². The Labute approximate surface area is 151 Å². The molecule has 6 nitrogen and oxygen atoms in total. The maximum Gasteiger partial charge on any atom is 0.258 e. The van der Waals surface area contributed by atoms with E-state index >= 15 is 0 Å². The van der Waals surface area contributed by atoms with Crippen LogP contribution in [0.1, 0.15) is 11.4 Å². The number of aromatic amines is 1. The fraction of sp³-hybridized carbons (Fsp3) is 0.111. The molecule has 0 saturated heterocycles. The van der Waals surface area contributed by atoms with E-state index in [0.717, 1.165) is 5.56 Å². The molecular weight excluding hydrogens is 353 g/mol. The summed E-state index contributed by atoms with van der Waals surface area (Å²) in [5, 5.41) is 2.67. The van der Waals surface area contributed by atoms with E-state index in [9.17, 15) is 9.18 Å². The highest BCUT2D eigenvalue weighted by atomic mass is 32.1. The molecule has 8 heteroatoms. The number of nitrogens with zero attached hydrogens (tertiary/aromatic N) is 3. The lowest BCUT2D eigenvalue weighted by atomic mass is 10.1. The number of nitrogen functional groups attached to an aromatic ring is 1. The summed E-state index contributed by atoms with van der Waals surface area (Å²) in [7, 11) is 0. The van der Waals surface area contributed by atoms with Gasteiger partial charge in [0.15, 0.2) is 5.13 Å². The van der Waals surface area contributed by atoms with Crippen LogP contribution in [-0.4, -0.2) is 19.9 Å². The number of halogens is 1. The molecule has 0 radical (unpaired) electrons. The van der Waals surface area contributed by atoms with Crippen LogP contribution in [0.2, 0.25) is 0 Å². The molecule has 0 atom stereocenters. The van der Waals surface area contributed by atoms with Gasteiger partial charge in [-0.05, 0) is 30.2 Å². The normalized spacial score (nSPS) is 11.1. The van der Waals surface area contributed by atoms with Crippen molar-refractivity contribution in [2.45, 2.75) is 12.8 Å². The first kappa shape index (κ1) is 16.3. The highest BCUT2D eigenvalue weighted by molar-refractivity contribution is 7.13. The molecule has 4 aromatic rings. The van der Waals surface area contributed by atoms with Crippen LogP contribution in [0.4, 0.5) is 9.52 Å². The number of H-pyrrole nitrogens is 1. The summed E-state index contributed by atoms with van der Waals surface area (Å²) in [6.45, 7) is 0. The number of hydrogen-bond donors (Lipinski definition) is 2. The molecule has 3 N–H and O–H groups in total. The molecule has 0 aliphatic heterocycles. The molecule has 130 valence electrons. The van der Waals surface area contributed by atoms with Gasteiger partial charge in [0.25, 0.3) is 5.56 Å². The standard InChI is InChI=1S/C18H14FN5OS/c19-11-4-1-10(2-5-11)3-6-14-23-15-12(17(25)24-14)7-8-21-16(15)13-9-26-18(20)22-13/h1-2,4-5,7-9H,3,6H2,(H2,20,22)(H,23,24,25). The highest BCUT2D eigenvalue weighted by Gasteiger charge is 2.13. The first-order valence-corrected chi connectivity index (χ1v) is 8.82. The van der Waals surface area contributed by atoms with Crippen molar-refractivity contribution in [3.05, 3.63) is 69.5 Å². The van der Waals surface area contributed by atoms with Gasteiger partial charge in [0.05, 0.1) is 5.39 Å². The van der Waals surface area contributed by atoms with Crippen LogP contribution >= 0.6 is 11.3 Å². The lowest BCUT2D eigenvalue weighted by Gasteiger charge is -2.06. The van der Waals surface area contributed by atoms with Crippen molar-refractivity contribution in [3.8, 4) is 11.4 Å². The smallest absolute Gasteiger partial charge is 0.258 e. The van der Waals surface area contributed by atoms with E-state index in [1.807, 2.05) is 0 Å². The lowest BCUT2D eigenvalue weighted by Crippen LogP contribution is -2.13. The largest absolute Gasteiger partial charge is 0.375 e. The number of benzene rings is 1. The minimum absolute atomic E-state index is 0.226. The van der Waals surface area contributed by atoms with Crippen LogP contribution in [0, 0.1) is 5.82 Å². The van der Waals surface area contributed by atoms with E-state index in [2.05, 4.69) is 19.9 Å². The van der Waals surface area contributed by atoms with Gasteiger partial charge >= 0.3 is 0 Å². The van der Waals surface area contributed by atoms with Gasteiger partial charge in [-0.3, -0.25) is 9.78 Å². The zero-order valence-corrected chi connectivity index (χ0v) is 14.4. The Kier molecular flexibility index (Phi) is 4.18. The summed E-state index contributed by atoms with van der Waals surface area (Å²) in [6, 6.07) is 7.91. The number of thiazole rings is 1. The van der Waals surface area contributed by atoms with Gasteiger partial charge in [-0.15, -0.1) is 11.3 Å². The summed E-state index contributed by atoms with van der Waals surface area (Å²) in [4.78, 5) is 28.4. The molecule has 3 aromatic heterocycles. The summed E-state index contributed by atoms with van der Waals surface area (Å²) in [6.07, 6.45) is 2.71. The SMILES string of the molecule is Nc1nc(-c2nccc3c(=O)[nH]c(CCc4ccc(F)cc4)nc23)cs1. The predicted octanol–water partition coefficient (Wildman–Crippen LogP) is 2.95. The quantitative estimate of drug-likeness (QED) is 0.578. The van der Waals surface area contributed by atoms with E-state index in [4.69, 9.17) is 5.73 Å². The van der Waals surface area contributed by atoms with Crippen molar-refractivity contribution in [3.63, 3.8) is 0 Å². The molecule has 0 bridgehead atoms. The molecule has 26 heavy (non-hydrogen) atoms. The first-order chi connectivity index (χ1) is 12.6. The summed E-state index contributed by atoms with van der Waals surface area (Å²) in [5.41, 5.74) is 8.07. The molecule has 0 fully saturated rings. The van der Waals surface area contributed by atoms with Gasteiger partial charge in [0, 0.05) is 18.0 Å². The molecule has 1 aromatic carbocycles. The molecule has 0 aliphatic carbocycles. The van der Waals surface area contributed by atoms with E-state index in [1.165, 1.54) is 23.5 Å². The molecule has 4 rings (SSSR count). The number of rotatable bonds is 4. The van der Waals surface area contributed by atoms with Crippen molar-refractivity contribution in [2.24, 2.45) is 0 Å². The predicted molar refractivity (Wildman–Crippen MR) is 99.5 cm³/mol. The lowest BCUT2D eigenvalue weighted by molar-refractivity contribution is 0.627. The van der Waals surface area contributed by atoms with E-state index in [1.54, 1.807) is 29.8 Å². The van der Waals surface area contributed by atoms with E-state index < -0.39 is 0 Å². The molecule has 3 heterocycles. The van der Waals surface area contributed by atoms with Crippen molar-refractivity contribution >= 4 is 27.4 Å². The molecule has 0 amide bonds. The number of hydrogen-bond acceptors (Lipinski definition) is 6. The third-order valence-corrected chi connectivity index (χ3v) is 4.68. The Morgan fingerprint density at radius 3 is 2.65 bits per heavy atom. The Balaban J connectivity index is 1.72. The molecule has 0 unspecified atom stereocenters. The average molecular weight is 367 g/mol. The van der Waals surface area contributed by atoms with Gasteiger partial charge < -0.3 is 10.7 Å². The highest BCUT2D eigenvalue weighted by Crippen LogP contribution is 2.25. The summed E-state index contributed by atoms with van der Waals surface area (Å²) >= 11 is 1.31. The second kappa shape index (κ2) is 6.64. The Morgan fingerprint density at radius 1 is 1.12 bits per heavy atom. The monoisotopic (exact) mass is 367 g/mol. The summed E-state index contributed by atoms with van der Waals surface area (Å²) < 4.78 is 13.0. The van der Waals surface area contributed by atoms with Gasteiger partial charge in [-0.2, -0.15) is 0 Å². The van der Waals surface area contributed by atoms with Crippen LogP contribution in [0.15, 0.2) is 46.7 Å². The van der Waals surface area contributed by atoms with Crippen LogP contribution in [0.5, 0.6) is 0 Å². The zero-order chi connectivity index (χ0) is 18.1. The molecule has 0 aliphatic rings. The number of nitrogens with one attached hydrogen (secondary N) is 1. The average Bonchev–Trinajstić information content (AvgIpc) is 3.07. The van der Waals surface area contributed by atoms with Crippen molar-refractivity contribution in [1.82, 2.24) is 19.9 Å². The van der Waals surface area contributed by atoms with E-state index in [-0.39, 0.29) is 11.4 Å². The van der Waals surface area contributed by atoms with Crippen LogP contribution in [0.3, 0.4) is 0 Å². The van der Waals surface area contributed by atoms with Gasteiger partial charge in [-0.25, -0.2) is 14.4 Å². The Bertz CT molecular complexity index is 1140. The Morgan fingerprint density at radius 2 is 1.92 bits per heavy atom. The number of pyridine rings is 1. The van der Waals surface area contributed by atoms with Crippen LogP contribution in [0.25, 0.3) is 22.3 Å². The third kappa shape index (κ3) is 3.18. The van der Waals surface area contributed by atoms with Crippen LogP contribution in [-0.2, 0) is 12.8 Å². The number of aryl methyl sites for hydroxylation is 2. The van der Waals surface area contributed by atoms with Crippen molar-refractivity contribution < 1.29 is 4.39 Å². The van der Waals surface area contributed by atoms with E-state index in [0.29, 0.717) is 46.1 Å². The maximum absolute atomic E-state index is 13.0. The second-order valence-corrected chi connectivity index (χ2v) is 6.66. The fourth-order valence-corrected chi connectivity index (χ4v) is 3.28. The number of nitrogens with two attached hydrogens (primary N) is 1. The Hall–Kier alpha value is -3.13. The number of fused-ring (bicyclic) bond motifs is 1. The van der Waals surface area contributed by atoms with Crippen molar-refractivity contribution in [1.29, 1.82) is 0 Å². The molecular formula is C18H14FN5OS. The maximum atomic E-state index is 13.0. The second-order valence-electron chi connectivity index (χ2n) is 5.77. The zero-order valence-electron chi connectivity index (χ0n) is 13.6. The van der Waals surface area contributed by atoms with Gasteiger partial charge in [-0.1, -0.05) is 12.1 Å². The van der Waals surface area contributed by atoms with Crippen LogP contribution < -0.4 is 11.3 Å². The topological polar surface area (TPSA) is 97.5 Å². The number of aromatic nitrogens is 4. The fourth-order valence-electron chi connectivity index (χ4n) is 2.73. The third-order valence-electron chi connectivity index (χ3n) is 4.00. The van der Waals surface area contributed by atoms with Gasteiger partial charge in [0.1, 0.15) is 28.5 Å². The summed E-state index contributed by atoms with van der Waals surface area (Å²) in [5.74, 6) is 0.272. The molecule has 0 saturated carbocycles. The minimum Gasteiger partial charge on any atom is -0.375 e. The number of anilines is 1.